The van der Waals surface area contributed by atoms with Crippen LogP contribution < -0.4 is 5.73 Å². The molecule has 0 amide bonds. The van der Waals surface area contributed by atoms with Crippen molar-refractivity contribution in [1.82, 2.24) is 10.2 Å². The lowest BCUT2D eigenvalue weighted by Crippen LogP contribution is -2.17. The van der Waals surface area contributed by atoms with Gasteiger partial charge in [-0.1, -0.05) is 0 Å². The number of aryl methyl sites for hydroxylation is 1. The molecule has 13 heavy (non-hydrogen) atoms. The molecule has 0 bridgehead atoms. The average molecular weight is 181 g/mol. The average Bonchev–Trinajstić information content (AvgIpc) is 2.60. The van der Waals surface area contributed by atoms with Crippen LogP contribution in [-0.2, 0) is 12.8 Å². The standard InChI is InChI=1S/C9H15N3O/c10-7(5-13)9-6-3-1-2-4-8(6)11-12-9/h7,13H,1-5,10H2,(H,11,12). The molecule has 0 saturated carbocycles. The van der Waals surface area contributed by atoms with Gasteiger partial charge in [-0.25, -0.2) is 0 Å². The van der Waals surface area contributed by atoms with Gasteiger partial charge in [-0.05, 0) is 31.2 Å². The number of fused-ring (bicyclic) bond motifs is 1. The Morgan fingerprint density at radius 1 is 1.46 bits per heavy atom. The number of nitrogens with one attached hydrogen (secondary N) is 1. The molecule has 0 fully saturated rings. The Morgan fingerprint density at radius 2 is 2.23 bits per heavy atom. The second kappa shape index (κ2) is 3.47. The van der Waals surface area contributed by atoms with E-state index in [1.165, 1.54) is 24.1 Å². The van der Waals surface area contributed by atoms with E-state index in [4.69, 9.17) is 10.8 Å². The van der Waals surface area contributed by atoms with E-state index in [9.17, 15) is 0 Å². The van der Waals surface area contributed by atoms with Crippen molar-refractivity contribution in [2.24, 2.45) is 5.73 Å². The van der Waals surface area contributed by atoms with Crippen molar-refractivity contribution < 1.29 is 5.11 Å². The van der Waals surface area contributed by atoms with E-state index in [0.29, 0.717) is 0 Å². The molecule has 0 radical (unpaired) electrons. The lowest BCUT2D eigenvalue weighted by molar-refractivity contribution is 0.265. The van der Waals surface area contributed by atoms with Crippen LogP contribution in [-0.4, -0.2) is 21.9 Å². The first-order valence-electron chi connectivity index (χ1n) is 4.75. The second-order valence-electron chi connectivity index (χ2n) is 3.56. The Morgan fingerprint density at radius 3 is 3.00 bits per heavy atom. The molecule has 72 valence electrons. The van der Waals surface area contributed by atoms with Crippen molar-refractivity contribution in [2.75, 3.05) is 6.61 Å². The van der Waals surface area contributed by atoms with Crippen LogP contribution in [0, 0.1) is 0 Å². The lowest BCUT2D eigenvalue weighted by Gasteiger charge is -2.13. The van der Waals surface area contributed by atoms with Gasteiger partial charge in [-0.15, -0.1) is 0 Å². The molecule has 0 saturated heterocycles. The quantitative estimate of drug-likeness (QED) is 0.613. The maximum atomic E-state index is 8.93. The van der Waals surface area contributed by atoms with Crippen molar-refractivity contribution in [3.63, 3.8) is 0 Å². The highest BCUT2D eigenvalue weighted by Gasteiger charge is 2.20. The van der Waals surface area contributed by atoms with E-state index < -0.39 is 0 Å². The van der Waals surface area contributed by atoms with Crippen molar-refractivity contribution in [1.29, 1.82) is 0 Å². The third-order valence-corrected chi connectivity index (χ3v) is 2.64. The van der Waals surface area contributed by atoms with Crippen molar-refractivity contribution in [3.8, 4) is 0 Å². The van der Waals surface area contributed by atoms with Gasteiger partial charge in [-0.2, -0.15) is 5.10 Å². The minimum atomic E-state index is -0.321. The zero-order valence-corrected chi connectivity index (χ0v) is 7.58. The van der Waals surface area contributed by atoms with Crippen LogP contribution in [0.4, 0.5) is 0 Å². The van der Waals surface area contributed by atoms with Crippen molar-refractivity contribution in [3.05, 3.63) is 17.0 Å². The number of hydrogen-bond acceptors (Lipinski definition) is 3. The number of aromatic amines is 1. The van der Waals surface area contributed by atoms with Gasteiger partial charge >= 0.3 is 0 Å². The molecular formula is C9H15N3O. The monoisotopic (exact) mass is 181 g/mol. The molecule has 1 aliphatic rings. The summed E-state index contributed by atoms with van der Waals surface area (Å²) in [4.78, 5) is 0. The maximum Gasteiger partial charge on any atom is 0.0847 e. The molecule has 4 nitrogen and oxygen atoms in total. The first-order chi connectivity index (χ1) is 6.33. The van der Waals surface area contributed by atoms with E-state index in [0.717, 1.165) is 18.5 Å². The van der Waals surface area contributed by atoms with Crippen LogP contribution in [0.15, 0.2) is 0 Å². The number of nitrogens with zero attached hydrogens (tertiary/aromatic N) is 1. The topological polar surface area (TPSA) is 74.9 Å². The van der Waals surface area contributed by atoms with Gasteiger partial charge < -0.3 is 10.8 Å². The predicted molar refractivity (Wildman–Crippen MR) is 49.2 cm³/mol. The number of hydrogen-bond donors (Lipinski definition) is 3. The molecule has 4 N–H and O–H groups in total. The zero-order valence-electron chi connectivity index (χ0n) is 7.58. The Bertz CT molecular complexity index is 295. The van der Waals surface area contributed by atoms with Crippen LogP contribution in [0.1, 0.15) is 35.8 Å². The first-order valence-corrected chi connectivity index (χ1v) is 4.75. The van der Waals surface area contributed by atoms with E-state index in [1.807, 2.05) is 0 Å². The fourth-order valence-electron chi connectivity index (χ4n) is 1.90. The van der Waals surface area contributed by atoms with Gasteiger partial charge in [0.1, 0.15) is 0 Å². The molecule has 1 aromatic heterocycles. The summed E-state index contributed by atoms with van der Waals surface area (Å²) >= 11 is 0. The molecule has 0 spiro atoms. The minimum Gasteiger partial charge on any atom is -0.394 e. The van der Waals surface area contributed by atoms with Gasteiger partial charge in [0.25, 0.3) is 0 Å². The summed E-state index contributed by atoms with van der Waals surface area (Å²) in [6.07, 6.45) is 4.55. The molecule has 4 heteroatoms. The summed E-state index contributed by atoms with van der Waals surface area (Å²) in [7, 11) is 0. The van der Waals surface area contributed by atoms with E-state index in [1.54, 1.807) is 0 Å². The number of aliphatic hydroxyl groups excluding tert-OH is 1. The summed E-state index contributed by atoms with van der Waals surface area (Å²) in [6, 6.07) is -0.321. The Kier molecular flexibility index (Phi) is 2.33. The van der Waals surface area contributed by atoms with Gasteiger partial charge in [0.2, 0.25) is 0 Å². The number of aromatic nitrogens is 2. The summed E-state index contributed by atoms with van der Waals surface area (Å²) in [5.74, 6) is 0. The van der Waals surface area contributed by atoms with Crippen LogP contribution in [0.5, 0.6) is 0 Å². The SMILES string of the molecule is NC(CO)c1n[nH]c2c1CCCC2. The summed E-state index contributed by atoms with van der Waals surface area (Å²) in [5.41, 5.74) is 9.05. The van der Waals surface area contributed by atoms with Gasteiger partial charge in [-0.3, -0.25) is 5.10 Å². The molecule has 1 heterocycles. The highest BCUT2D eigenvalue weighted by atomic mass is 16.3. The molecule has 0 aliphatic heterocycles. The molecule has 0 aromatic carbocycles. The van der Waals surface area contributed by atoms with E-state index >= 15 is 0 Å². The second-order valence-corrected chi connectivity index (χ2v) is 3.56. The number of rotatable bonds is 2. The number of aliphatic hydroxyl groups is 1. The van der Waals surface area contributed by atoms with E-state index in [2.05, 4.69) is 10.2 Å². The number of H-pyrrole nitrogens is 1. The molecule has 2 rings (SSSR count). The van der Waals surface area contributed by atoms with Crippen molar-refractivity contribution >= 4 is 0 Å². The lowest BCUT2D eigenvalue weighted by atomic mass is 9.94. The minimum absolute atomic E-state index is 0.0305. The summed E-state index contributed by atoms with van der Waals surface area (Å²) in [5, 5.41) is 16.1. The molecule has 1 atom stereocenters. The predicted octanol–water partition coefficient (Wildman–Crippen LogP) is 0.281. The summed E-state index contributed by atoms with van der Waals surface area (Å²) < 4.78 is 0. The van der Waals surface area contributed by atoms with Crippen LogP contribution in [0.2, 0.25) is 0 Å². The third-order valence-electron chi connectivity index (χ3n) is 2.64. The van der Waals surface area contributed by atoms with Crippen molar-refractivity contribution in [2.45, 2.75) is 31.7 Å². The largest absolute Gasteiger partial charge is 0.394 e. The van der Waals surface area contributed by atoms with Crippen LogP contribution in [0.3, 0.4) is 0 Å². The fourth-order valence-corrected chi connectivity index (χ4v) is 1.90. The van der Waals surface area contributed by atoms with Gasteiger partial charge in [0.15, 0.2) is 0 Å². The summed E-state index contributed by atoms with van der Waals surface area (Å²) in [6.45, 7) is -0.0305. The Balaban J connectivity index is 2.31. The molecule has 1 unspecified atom stereocenters. The molecular weight excluding hydrogens is 166 g/mol. The fraction of sp³-hybridized carbons (Fsp3) is 0.667. The molecule has 1 aromatic rings. The van der Waals surface area contributed by atoms with Gasteiger partial charge in [0, 0.05) is 5.69 Å². The first kappa shape index (κ1) is 8.72. The zero-order chi connectivity index (χ0) is 9.26. The normalized spacial score (nSPS) is 18.3. The number of nitrogens with two attached hydrogens (primary N) is 1. The highest BCUT2D eigenvalue weighted by Crippen LogP contribution is 2.24. The Hall–Kier alpha value is -0.870. The Labute approximate surface area is 77.1 Å². The molecule has 1 aliphatic carbocycles. The highest BCUT2D eigenvalue weighted by molar-refractivity contribution is 5.29. The third kappa shape index (κ3) is 1.47. The van der Waals surface area contributed by atoms with E-state index in [-0.39, 0.29) is 12.6 Å². The van der Waals surface area contributed by atoms with Crippen LogP contribution >= 0.6 is 0 Å². The smallest absolute Gasteiger partial charge is 0.0847 e. The maximum absolute atomic E-state index is 8.93. The van der Waals surface area contributed by atoms with Gasteiger partial charge in [0.05, 0.1) is 18.3 Å². The van der Waals surface area contributed by atoms with Crippen LogP contribution in [0.25, 0.3) is 0 Å².